The van der Waals surface area contributed by atoms with Crippen LogP contribution in [0.4, 0.5) is 0 Å². The first-order valence-electron chi connectivity index (χ1n) is 3.49. The fourth-order valence-corrected chi connectivity index (χ4v) is 0.240. The molecule has 4 heteroatoms. The summed E-state index contributed by atoms with van der Waals surface area (Å²) in [5, 5.41) is 7.42. The number of carboxylic acid groups (broad SMARTS) is 1. The predicted molar refractivity (Wildman–Crippen MR) is 44.8 cm³/mol. The molecule has 0 aromatic heterocycles. The predicted octanol–water partition coefficient (Wildman–Crippen LogP) is 1.22. The van der Waals surface area contributed by atoms with E-state index in [1.54, 1.807) is 0 Å². The first kappa shape index (κ1) is 13.3. The summed E-state index contributed by atoms with van der Waals surface area (Å²) in [5.74, 6) is -0.821. The monoisotopic (exact) mass is 174 g/mol. The van der Waals surface area contributed by atoms with Crippen LogP contribution >= 0.6 is 0 Å². The molecule has 1 N–H and O–H groups in total. The summed E-state index contributed by atoms with van der Waals surface area (Å²) >= 11 is 0. The molecule has 0 rings (SSSR count). The maximum atomic E-state index is 10.2. The Morgan fingerprint density at radius 1 is 1.42 bits per heavy atom. The number of hydrogen-bond donors (Lipinski definition) is 1. The highest BCUT2D eigenvalue weighted by Crippen LogP contribution is 1.76. The molecular formula is C8H14O4. The van der Waals surface area contributed by atoms with E-state index in [9.17, 15) is 4.79 Å². The third-order valence-corrected chi connectivity index (χ3v) is 0.566. The van der Waals surface area contributed by atoms with Crippen molar-refractivity contribution in [3.8, 4) is 0 Å². The van der Waals surface area contributed by atoms with Crippen LogP contribution in [0.5, 0.6) is 0 Å². The van der Waals surface area contributed by atoms with Crippen LogP contribution in [0, 0.1) is 0 Å². The van der Waals surface area contributed by atoms with E-state index < -0.39 is 5.97 Å². The van der Waals surface area contributed by atoms with Crippen LogP contribution in [0.25, 0.3) is 0 Å². The average Bonchev–Trinajstić information content (AvgIpc) is 1.86. The molecule has 0 saturated heterocycles. The summed E-state index contributed by atoms with van der Waals surface area (Å²) in [6.45, 7) is 5.05. The standard InChI is InChI=1S/C6H10O2.C2H4O2/c1-3-8-5-4-6(2)7;1-2(3)4/h4-5H,3H2,1-2H3;1H3,(H,3,4)/b5-4+;. The van der Waals surface area contributed by atoms with Gasteiger partial charge in [-0.1, -0.05) is 0 Å². The zero-order valence-electron chi connectivity index (χ0n) is 7.53. The van der Waals surface area contributed by atoms with Crippen molar-refractivity contribution in [1.29, 1.82) is 0 Å². The number of ketones is 1. The lowest BCUT2D eigenvalue weighted by Crippen LogP contribution is -1.82. The van der Waals surface area contributed by atoms with Gasteiger partial charge in [0, 0.05) is 13.0 Å². The highest BCUT2D eigenvalue weighted by atomic mass is 16.5. The number of carbonyl (C=O) groups is 2. The minimum Gasteiger partial charge on any atom is -0.501 e. The van der Waals surface area contributed by atoms with Crippen molar-refractivity contribution in [3.63, 3.8) is 0 Å². The molecule has 4 nitrogen and oxygen atoms in total. The molecule has 0 aliphatic heterocycles. The molecule has 0 unspecified atom stereocenters. The average molecular weight is 174 g/mol. The Morgan fingerprint density at radius 3 is 2.08 bits per heavy atom. The second-order valence-electron chi connectivity index (χ2n) is 1.89. The second-order valence-corrected chi connectivity index (χ2v) is 1.89. The number of aliphatic carboxylic acids is 1. The Balaban J connectivity index is 0. The normalized spacial score (nSPS) is 8.58. The van der Waals surface area contributed by atoms with Crippen LogP contribution in [0.2, 0.25) is 0 Å². The first-order valence-corrected chi connectivity index (χ1v) is 3.49. The van der Waals surface area contributed by atoms with Crippen molar-refractivity contribution in [3.05, 3.63) is 12.3 Å². The fraction of sp³-hybridized carbons (Fsp3) is 0.500. The summed E-state index contributed by atoms with van der Waals surface area (Å²) in [6, 6.07) is 0. The fourth-order valence-electron chi connectivity index (χ4n) is 0.240. The molecule has 0 spiro atoms. The molecule has 0 radical (unpaired) electrons. The van der Waals surface area contributed by atoms with Crippen LogP contribution in [0.15, 0.2) is 12.3 Å². The number of carbonyl (C=O) groups excluding carboxylic acids is 1. The Labute approximate surface area is 71.8 Å². The van der Waals surface area contributed by atoms with Crippen molar-refractivity contribution in [1.82, 2.24) is 0 Å². The van der Waals surface area contributed by atoms with Crippen molar-refractivity contribution in [2.75, 3.05) is 6.61 Å². The zero-order valence-corrected chi connectivity index (χ0v) is 7.53. The molecule has 0 aromatic rings. The van der Waals surface area contributed by atoms with E-state index >= 15 is 0 Å². The number of hydrogen-bond acceptors (Lipinski definition) is 3. The third-order valence-electron chi connectivity index (χ3n) is 0.566. The molecule has 70 valence electrons. The lowest BCUT2D eigenvalue weighted by atomic mass is 10.4. The van der Waals surface area contributed by atoms with Crippen LogP contribution in [0.3, 0.4) is 0 Å². The molecule has 0 aliphatic carbocycles. The molecule has 0 atom stereocenters. The molecule has 0 saturated carbocycles. The zero-order chi connectivity index (χ0) is 9.98. The van der Waals surface area contributed by atoms with Crippen molar-refractivity contribution in [2.24, 2.45) is 0 Å². The quantitative estimate of drug-likeness (QED) is 0.516. The van der Waals surface area contributed by atoms with Crippen LogP contribution in [-0.2, 0) is 14.3 Å². The minimum absolute atomic E-state index is 0.0125. The van der Waals surface area contributed by atoms with Gasteiger partial charge in [-0.15, -0.1) is 0 Å². The summed E-state index contributed by atoms with van der Waals surface area (Å²) in [6.07, 6.45) is 2.80. The van der Waals surface area contributed by atoms with Gasteiger partial charge in [-0.25, -0.2) is 0 Å². The Bertz CT molecular complexity index is 156. The van der Waals surface area contributed by atoms with Gasteiger partial charge in [0.05, 0.1) is 12.9 Å². The van der Waals surface area contributed by atoms with E-state index in [4.69, 9.17) is 14.6 Å². The van der Waals surface area contributed by atoms with Gasteiger partial charge in [0.25, 0.3) is 5.97 Å². The molecule has 0 fully saturated rings. The summed E-state index contributed by atoms with van der Waals surface area (Å²) in [7, 11) is 0. The summed E-state index contributed by atoms with van der Waals surface area (Å²) in [4.78, 5) is 19.2. The number of ether oxygens (including phenoxy) is 1. The lowest BCUT2D eigenvalue weighted by Gasteiger charge is -1.88. The maximum absolute atomic E-state index is 10.2. The third kappa shape index (κ3) is 37.8. The highest BCUT2D eigenvalue weighted by molar-refractivity contribution is 5.86. The van der Waals surface area contributed by atoms with E-state index in [0.29, 0.717) is 6.61 Å². The van der Waals surface area contributed by atoms with Crippen LogP contribution < -0.4 is 0 Å². The van der Waals surface area contributed by atoms with Gasteiger partial charge in [0.2, 0.25) is 0 Å². The van der Waals surface area contributed by atoms with Gasteiger partial charge >= 0.3 is 0 Å². The van der Waals surface area contributed by atoms with E-state index in [1.165, 1.54) is 19.3 Å². The van der Waals surface area contributed by atoms with Gasteiger partial charge in [-0.3, -0.25) is 9.59 Å². The minimum atomic E-state index is -0.833. The Kier molecular flexibility index (Phi) is 10.7. The van der Waals surface area contributed by atoms with Crippen LogP contribution in [0.1, 0.15) is 20.8 Å². The number of rotatable bonds is 3. The summed E-state index contributed by atoms with van der Waals surface area (Å²) in [5.41, 5.74) is 0. The summed E-state index contributed by atoms with van der Waals surface area (Å²) < 4.78 is 4.74. The van der Waals surface area contributed by atoms with Gasteiger partial charge in [-0.05, 0) is 13.8 Å². The smallest absolute Gasteiger partial charge is 0.300 e. The topological polar surface area (TPSA) is 63.6 Å². The molecule has 0 aromatic carbocycles. The molecule has 0 amide bonds. The van der Waals surface area contributed by atoms with Crippen LogP contribution in [-0.4, -0.2) is 23.5 Å². The Hall–Kier alpha value is -1.32. The number of carboxylic acids is 1. The SMILES string of the molecule is CC(=O)O.CCO/C=C/C(C)=O. The Morgan fingerprint density at radius 2 is 1.83 bits per heavy atom. The second kappa shape index (κ2) is 9.68. The van der Waals surface area contributed by atoms with Crippen molar-refractivity contribution < 1.29 is 19.4 Å². The molecule has 0 heterocycles. The lowest BCUT2D eigenvalue weighted by molar-refractivity contribution is -0.134. The van der Waals surface area contributed by atoms with E-state index in [2.05, 4.69) is 0 Å². The van der Waals surface area contributed by atoms with Gasteiger partial charge in [0.1, 0.15) is 0 Å². The van der Waals surface area contributed by atoms with E-state index in [1.807, 2.05) is 6.92 Å². The molecule has 0 aliphatic rings. The van der Waals surface area contributed by atoms with Gasteiger partial charge in [-0.2, -0.15) is 0 Å². The number of allylic oxidation sites excluding steroid dienone is 1. The van der Waals surface area contributed by atoms with Gasteiger partial charge < -0.3 is 9.84 Å². The van der Waals surface area contributed by atoms with Gasteiger partial charge in [0.15, 0.2) is 5.78 Å². The first-order chi connectivity index (χ1) is 5.50. The largest absolute Gasteiger partial charge is 0.501 e. The van der Waals surface area contributed by atoms with Crippen molar-refractivity contribution in [2.45, 2.75) is 20.8 Å². The molecular weight excluding hydrogens is 160 g/mol. The molecule has 12 heavy (non-hydrogen) atoms. The van der Waals surface area contributed by atoms with Crippen molar-refractivity contribution >= 4 is 11.8 Å². The molecule has 0 bridgehead atoms. The maximum Gasteiger partial charge on any atom is 0.300 e. The highest BCUT2D eigenvalue weighted by Gasteiger charge is 1.77. The van der Waals surface area contributed by atoms with E-state index in [0.717, 1.165) is 6.92 Å². The van der Waals surface area contributed by atoms with E-state index in [-0.39, 0.29) is 5.78 Å².